The van der Waals surface area contributed by atoms with Crippen LogP contribution in [0.1, 0.15) is 0 Å². The maximum Gasteiger partial charge on any atom is 0.0916 e. The van der Waals surface area contributed by atoms with E-state index in [1.807, 2.05) is 11.3 Å². The minimum atomic E-state index is 0.853. The van der Waals surface area contributed by atoms with Gasteiger partial charge in [-0.25, -0.2) is 0 Å². The summed E-state index contributed by atoms with van der Waals surface area (Å²) in [5.74, 6) is 0. The van der Waals surface area contributed by atoms with Crippen molar-refractivity contribution in [3.05, 3.63) is 29.6 Å². The number of hydrogen-bond donors (Lipinski definition) is 0. The maximum atomic E-state index is 5.37. The van der Waals surface area contributed by atoms with Gasteiger partial charge in [-0.05, 0) is 23.6 Å². The van der Waals surface area contributed by atoms with Crippen LogP contribution in [0.4, 0.5) is 5.00 Å². The molecule has 1 saturated heterocycles. The molecule has 0 N–H and O–H groups in total. The van der Waals surface area contributed by atoms with Crippen LogP contribution in [0, 0.1) is 0 Å². The molecule has 1 aliphatic heterocycles. The molecule has 3 heterocycles. The van der Waals surface area contributed by atoms with Crippen molar-refractivity contribution in [1.82, 2.24) is 0 Å². The van der Waals surface area contributed by atoms with E-state index in [2.05, 4.69) is 34.5 Å². The Kier molecular flexibility index (Phi) is 2.95. The lowest BCUT2D eigenvalue weighted by molar-refractivity contribution is 0.123. The monoisotopic (exact) mass is 251 g/mol. The van der Waals surface area contributed by atoms with Crippen molar-refractivity contribution in [2.75, 3.05) is 31.2 Å². The lowest BCUT2D eigenvalue weighted by atomic mass is 10.4. The standard InChI is InChI=1S/C12H13NOS2/c1-2-10(15-9-1)11-3-4-12(16-11)13-5-7-14-8-6-13/h1-4,9H,5-8H2. The fourth-order valence-corrected chi connectivity index (χ4v) is 3.72. The molecule has 2 aromatic heterocycles. The number of thiophene rings is 2. The highest BCUT2D eigenvalue weighted by atomic mass is 32.1. The van der Waals surface area contributed by atoms with Crippen LogP contribution in [0.25, 0.3) is 9.75 Å². The number of ether oxygens (including phenoxy) is 1. The average Bonchev–Trinajstić information content (AvgIpc) is 3.01. The Bertz CT molecular complexity index is 443. The van der Waals surface area contributed by atoms with Gasteiger partial charge in [-0.1, -0.05) is 6.07 Å². The molecule has 0 radical (unpaired) electrons. The van der Waals surface area contributed by atoms with Crippen molar-refractivity contribution in [2.24, 2.45) is 0 Å². The molecule has 16 heavy (non-hydrogen) atoms. The van der Waals surface area contributed by atoms with Crippen LogP contribution in [0.3, 0.4) is 0 Å². The van der Waals surface area contributed by atoms with Crippen LogP contribution < -0.4 is 4.90 Å². The molecule has 0 aromatic carbocycles. The van der Waals surface area contributed by atoms with E-state index in [1.165, 1.54) is 14.8 Å². The van der Waals surface area contributed by atoms with Crippen molar-refractivity contribution in [1.29, 1.82) is 0 Å². The molecule has 4 heteroatoms. The van der Waals surface area contributed by atoms with Gasteiger partial charge < -0.3 is 9.64 Å². The lowest BCUT2D eigenvalue weighted by Gasteiger charge is -2.27. The predicted octanol–water partition coefficient (Wildman–Crippen LogP) is 3.31. The molecule has 0 spiro atoms. The zero-order valence-electron chi connectivity index (χ0n) is 8.89. The van der Waals surface area contributed by atoms with Gasteiger partial charge in [-0.15, -0.1) is 22.7 Å². The fraction of sp³-hybridized carbons (Fsp3) is 0.333. The van der Waals surface area contributed by atoms with E-state index in [4.69, 9.17) is 4.74 Å². The molecular weight excluding hydrogens is 238 g/mol. The zero-order chi connectivity index (χ0) is 10.8. The number of nitrogens with zero attached hydrogens (tertiary/aromatic N) is 1. The first-order chi connectivity index (χ1) is 7.93. The topological polar surface area (TPSA) is 12.5 Å². The molecule has 0 aliphatic carbocycles. The van der Waals surface area contributed by atoms with Crippen LogP contribution in [0.15, 0.2) is 29.6 Å². The van der Waals surface area contributed by atoms with E-state index in [-0.39, 0.29) is 0 Å². The third-order valence-electron chi connectivity index (χ3n) is 2.68. The fourth-order valence-electron chi connectivity index (χ4n) is 1.83. The van der Waals surface area contributed by atoms with Crippen molar-refractivity contribution >= 4 is 27.7 Å². The van der Waals surface area contributed by atoms with Crippen molar-refractivity contribution in [3.8, 4) is 9.75 Å². The van der Waals surface area contributed by atoms with Crippen LogP contribution in [-0.4, -0.2) is 26.3 Å². The molecule has 0 atom stereocenters. The molecule has 1 fully saturated rings. The zero-order valence-corrected chi connectivity index (χ0v) is 10.5. The Morgan fingerprint density at radius 3 is 2.69 bits per heavy atom. The summed E-state index contributed by atoms with van der Waals surface area (Å²) in [6.45, 7) is 3.74. The van der Waals surface area contributed by atoms with E-state index in [0.717, 1.165) is 26.3 Å². The first kappa shape index (κ1) is 10.3. The second-order valence-corrected chi connectivity index (χ2v) is 5.72. The van der Waals surface area contributed by atoms with E-state index in [1.54, 1.807) is 11.3 Å². The predicted molar refractivity (Wildman–Crippen MR) is 70.7 cm³/mol. The molecule has 1 aliphatic rings. The summed E-state index contributed by atoms with van der Waals surface area (Å²) in [5.41, 5.74) is 0. The summed E-state index contributed by atoms with van der Waals surface area (Å²) in [4.78, 5) is 5.15. The van der Waals surface area contributed by atoms with Gasteiger partial charge in [0.15, 0.2) is 0 Å². The lowest BCUT2D eigenvalue weighted by Crippen LogP contribution is -2.35. The van der Waals surface area contributed by atoms with Crippen molar-refractivity contribution in [3.63, 3.8) is 0 Å². The summed E-state index contributed by atoms with van der Waals surface area (Å²) in [6.07, 6.45) is 0. The molecule has 3 rings (SSSR count). The van der Waals surface area contributed by atoms with Crippen molar-refractivity contribution < 1.29 is 4.74 Å². The minimum absolute atomic E-state index is 0.853. The first-order valence-electron chi connectivity index (χ1n) is 5.40. The van der Waals surface area contributed by atoms with E-state index in [0.29, 0.717) is 0 Å². The number of morpholine rings is 1. The highest BCUT2D eigenvalue weighted by Gasteiger charge is 2.13. The minimum Gasteiger partial charge on any atom is -0.378 e. The molecular formula is C12H13NOS2. The van der Waals surface area contributed by atoms with Crippen LogP contribution in [0.2, 0.25) is 0 Å². The Hall–Kier alpha value is -0.840. The highest BCUT2D eigenvalue weighted by molar-refractivity contribution is 7.23. The van der Waals surface area contributed by atoms with Gasteiger partial charge in [0.1, 0.15) is 0 Å². The quantitative estimate of drug-likeness (QED) is 0.812. The molecule has 0 amide bonds. The van der Waals surface area contributed by atoms with Crippen LogP contribution in [-0.2, 0) is 4.74 Å². The second kappa shape index (κ2) is 4.57. The average molecular weight is 251 g/mol. The Labute approximate surface area is 103 Å². The van der Waals surface area contributed by atoms with Gasteiger partial charge in [0, 0.05) is 22.8 Å². The summed E-state index contributed by atoms with van der Waals surface area (Å²) >= 11 is 3.68. The van der Waals surface area contributed by atoms with Crippen molar-refractivity contribution in [2.45, 2.75) is 0 Å². The normalized spacial score (nSPS) is 16.6. The van der Waals surface area contributed by atoms with Crippen LogP contribution >= 0.6 is 22.7 Å². The molecule has 0 bridgehead atoms. The number of hydrogen-bond acceptors (Lipinski definition) is 4. The summed E-state index contributed by atoms with van der Waals surface area (Å²) in [5, 5.41) is 3.50. The van der Waals surface area contributed by atoms with Gasteiger partial charge in [0.2, 0.25) is 0 Å². The summed E-state index contributed by atoms with van der Waals surface area (Å²) in [7, 11) is 0. The Morgan fingerprint density at radius 2 is 1.94 bits per heavy atom. The molecule has 2 nitrogen and oxygen atoms in total. The van der Waals surface area contributed by atoms with Gasteiger partial charge in [0.05, 0.1) is 18.2 Å². The van der Waals surface area contributed by atoms with E-state index in [9.17, 15) is 0 Å². The summed E-state index contributed by atoms with van der Waals surface area (Å²) in [6, 6.07) is 8.74. The molecule has 0 saturated carbocycles. The number of rotatable bonds is 2. The molecule has 84 valence electrons. The third-order valence-corrected chi connectivity index (χ3v) is 4.89. The summed E-state index contributed by atoms with van der Waals surface area (Å²) < 4.78 is 5.37. The third kappa shape index (κ3) is 2.00. The Morgan fingerprint density at radius 1 is 1.06 bits per heavy atom. The maximum absolute atomic E-state index is 5.37. The largest absolute Gasteiger partial charge is 0.378 e. The van der Waals surface area contributed by atoms with Gasteiger partial charge >= 0.3 is 0 Å². The Balaban J connectivity index is 1.82. The van der Waals surface area contributed by atoms with E-state index >= 15 is 0 Å². The van der Waals surface area contributed by atoms with Gasteiger partial charge in [-0.3, -0.25) is 0 Å². The van der Waals surface area contributed by atoms with Crippen LogP contribution in [0.5, 0.6) is 0 Å². The SMILES string of the molecule is c1csc(-c2ccc(N3CCOCC3)s2)c1. The second-order valence-electron chi connectivity index (χ2n) is 3.71. The first-order valence-corrected chi connectivity index (χ1v) is 7.09. The van der Waals surface area contributed by atoms with Gasteiger partial charge in [0.25, 0.3) is 0 Å². The molecule has 2 aromatic rings. The highest BCUT2D eigenvalue weighted by Crippen LogP contribution is 2.36. The van der Waals surface area contributed by atoms with E-state index < -0.39 is 0 Å². The number of anilines is 1. The van der Waals surface area contributed by atoms with Gasteiger partial charge in [-0.2, -0.15) is 0 Å². The smallest absolute Gasteiger partial charge is 0.0916 e. The molecule has 0 unspecified atom stereocenters.